The van der Waals surface area contributed by atoms with Crippen molar-refractivity contribution in [3.05, 3.63) is 54.7 Å². The monoisotopic (exact) mass is 280 g/mol. The lowest BCUT2D eigenvalue weighted by Gasteiger charge is -2.11. The van der Waals surface area contributed by atoms with Crippen LogP contribution in [0.4, 0.5) is 11.4 Å². The lowest BCUT2D eigenvalue weighted by atomic mass is 10.1. The molecule has 0 radical (unpaired) electrons. The second-order valence-corrected chi connectivity index (χ2v) is 4.60. The molecule has 0 fully saturated rings. The van der Waals surface area contributed by atoms with Gasteiger partial charge in [-0.1, -0.05) is 6.07 Å². The second kappa shape index (κ2) is 5.71. The summed E-state index contributed by atoms with van der Waals surface area (Å²) in [5.41, 5.74) is 2.86. The Morgan fingerprint density at radius 1 is 0.905 bits per heavy atom. The topological polar surface area (TPSA) is 43.4 Å². The SMILES string of the molecule is COc1cccc(Nc2ccnc3ccc(OC)cc23)c1. The van der Waals surface area contributed by atoms with Crippen LogP contribution < -0.4 is 14.8 Å². The minimum atomic E-state index is 0.809. The molecule has 21 heavy (non-hydrogen) atoms. The molecule has 3 rings (SSSR count). The fourth-order valence-electron chi connectivity index (χ4n) is 2.22. The molecule has 0 bridgehead atoms. The van der Waals surface area contributed by atoms with E-state index in [4.69, 9.17) is 9.47 Å². The summed E-state index contributed by atoms with van der Waals surface area (Å²) in [5.74, 6) is 1.63. The number of fused-ring (bicyclic) bond motifs is 1. The highest BCUT2D eigenvalue weighted by Crippen LogP contribution is 2.29. The summed E-state index contributed by atoms with van der Waals surface area (Å²) in [6.07, 6.45) is 1.79. The summed E-state index contributed by atoms with van der Waals surface area (Å²) in [5, 5.41) is 4.41. The summed E-state index contributed by atoms with van der Waals surface area (Å²) in [7, 11) is 3.32. The fourth-order valence-corrected chi connectivity index (χ4v) is 2.22. The molecule has 0 aliphatic rings. The highest BCUT2D eigenvalue weighted by molar-refractivity contribution is 5.93. The summed E-state index contributed by atoms with van der Waals surface area (Å²) in [6, 6.07) is 15.6. The third-order valence-corrected chi connectivity index (χ3v) is 3.30. The van der Waals surface area contributed by atoms with Crippen LogP contribution in [0.2, 0.25) is 0 Å². The number of ether oxygens (including phenoxy) is 2. The van der Waals surface area contributed by atoms with E-state index in [2.05, 4.69) is 10.3 Å². The van der Waals surface area contributed by atoms with E-state index in [0.29, 0.717) is 0 Å². The van der Waals surface area contributed by atoms with Crippen LogP contribution in [0, 0.1) is 0 Å². The highest BCUT2D eigenvalue weighted by atomic mass is 16.5. The number of hydrogen-bond donors (Lipinski definition) is 1. The van der Waals surface area contributed by atoms with Gasteiger partial charge in [-0.25, -0.2) is 0 Å². The van der Waals surface area contributed by atoms with Crippen LogP contribution in [-0.4, -0.2) is 19.2 Å². The van der Waals surface area contributed by atoms with Crippen LogP contribution in [0.25, 0.3) is 10.9 Å². The highest BCUT2D eigenvalue weighted by Gasteiger charge is 2.05. The van der Waals surface area contributed by atoms with Crippen LogP contribution in [0.3, 0.4) is 0 Å². The van der Waals surface area contributed by atoms with Crippen LogP contribution >= 0.6 is 0 Å². The van der Waals surface area contributed by atoms with Crippen molar-refractivity contribution in [3.8, 4) is 11.5 Å². The Bertz CT molecular complexity index is 772. The van der Waals surface area contributed by atoms with E-state index in [0.717, 1.165) is 33.8 Å². The minimum Gasteiger partial charge on any atom is -0.497 e. The molecule has 0 spiro atoms. The predicted molar refractivity (Wildman–Crippen MR) is 84.6 cm³/mol. The summed E-state index contributed by atoms with van der Waals surface area (Å²) < 4.78 is 10.5. The van der Waals surface area contributed by atoms with E-state index < -0.39 is 0 Å². The van der Waals surface area contributed by atoms with Crippen LogP contribution in [-0.2, 0) is 0 Å². The van der Waals surface area contributed by atoms with Crippen molar-refractivity contribution in [1.82, 2.24) is 4.98 Å². The summed E-state index contributed by atoms with van der Waals surface area (Å²) >= 11 is 0. The minimum absolute atomic E-state index is 0.809. The molecule has 3 aromatic rings. The van der Waals surface area contributed by atoms with E-state index in [1.807, 2.05) is 48.5 Å². The fraction of sp³-hybridized carbons (Fsp3) is 0.118. The lowest BCUT2D eigenvalue weighted by molar-refractivity contribution is 0.415. The Hall–Kier alpha value is -2.75. The zero-order chi connectivity index (χ0) is 14.7. The maximum atomic E-state index is 5.29. The van der Waals surface area contributed by atoms with Crippen LogP contribution in [0.1, 0.15) is 0 Å². The lowest BCUT2D eigenvalue weighted by Crippen LogP contribution is -1.94. The third-order valence-electron chi connectivity index (χ3n) is 3.30. The molecule has 0 aliphatic carbocycles. The molecule has 106 valence electrons. The maximum absolute atomic E-state index is 5.29. The molecule has 4 heteroatoms. The molecule has 0 atom stereocenters. The van der Waals surface area contributed by atoms with Gasteiger partial charge in [0.05, 0.1) is 19.7 Å². The Balaban J connectivity index is 2.03. The van der Waals surface area contributed by atoms with Gasteiger partial charge in [-0.3, -0.25) is 4.98 Å². The van der Waals surface area contributed by atoms with Gasteiger partial charge in [0.25, 0.3) is 0 Å². The summed E-state index contributed by atoms with van der Waals surface area (Å²) in [6.45, 7) is 0. The molecule has 1 aromatic heterocycles. The maximum Gasteiger partial charge on any atom is 0.120 e. The van der Waals surface area contributed by atoms with Crippen molar-refractivity contribution >= 4 is 22.3 Å². The van der Waals surface area contributed by atoms with Gasteiger partial charge in [-0.15, -0.1) is 0 Å². The number of nitrogens with one attached hydrogen (secondary N) is 1. The average molecular weight is 280 g/mol. The van der Waals surface area contributed by atoms with Gasteiger partial charge in [-0.2, -0.15) is 0 Å². The number of benzene rings is 2. The van der Waals surface area contributed by atoms with Crippen LogP contribution in [0.15, 0.2) is 54.7 Å². The number of hydrogen-bond acceptors (Lipinski definition) is 4. The summed E-state index contributed by atoms with van der Waals surface area (Å²) in [4.78, 5) is 4.37. The molecule has 4 nitrogen and oxygen atoms in total. The molecular weight excluding hydrogens is 264 g/mol. The first-order valence-electron chi connectivity index (χ1n) is 6.64. The quantitative estimate of drug-likeness (QED) is 0.784. The van der Waals surface area contributed by atoms with E-state index in [1.54, 1.807) is 20.4 Å². The Morgan fingerprint density at radius 3 is 2.52 bits per heavy atom. The standard InChI is InChI=1S/C17H16N2O2/c1-20-13-5-3-4-12(10-13)19-17-8-9-18-16-7-6-14(21-2)11-15(16)17/h3-11H,1-2H3,(H,18,19). The first kappa shape index (κ1) is 13.2. The number of nitrogens with zero attached hydrogens (tertiary/aromatic N) is 1. The molecule has 0 saturated carbocycles. The normalized spacial score (nSPS) is 10.4. The smallest absolute Gasteiger partial charge is 0.120 e. The number of methoxy groups -OCH3 is 2. The first-order valence-corrected chi connectivity index (χ1v) is 6.64. The van der Waals surface area contributed by atoms with E-state index in [1.165, 1.54) is 0 Å². The van der Waals surface area contributed by atoms with Crippen molar-refractivity contribution in [3.63, 3.8) is 0 Å². The largest absolute Gasteiger partial charge is 0.497 e. The average Bonchev–Trinajstić information content (AvgIpc) is 2.55. The molecule has 1 heterocycles. The molecule has 0 amide bonds. The molecule has 0 unspecified atom stereocenters. The Labute approximate surface area is 123 Å². The van der Waals surface area contributed by atoms with Gasteiger partial charge < -0.3 is 14.8 Å². The van der Waals surface area contributed by atoms with E-state index in [9.17, 15) is 0 Å². The first-order chi connectivity index (χ1) is 10.3. The van der Waals surface area contributed by atoms with Crippen molar-refractivity contribution < 1.29 is 9.47 Å². The number of aromatic nitrogens is 1. The van der Waals surface area contributed by atoms with Crippen molar-refractivity contribution in [1.29, 1.82) is 0 Å². The zero-order valence-corrected chi connectivity index (χ0v) is 12.0. The van der Waals surface area contributed by atoms with Gasteiger partial charge in [0.15, 0.2) is 0 Å². The van der Waals surface area contributed by atoms with Gasteiger partial charge in [0.1, 0.15) is 11.5 Å². The Kier molecular flexibility index (Phi) is 3.60. The van der Waals surface area contributed by atoms with Crippen molar-refractivity contribution in [2.75, 3.05) is 19.5 Å². The van der Waals surface area contributed by atoms with Gasteiger partial charge in [0, 0.05) is 29.0 Å². The van der Waals surface area contributed by atoms with Crippen molar-refractivity contribution in [2.24, 2.45) is 0 Å². The molecule has 1 N–H and O–H groups in total. The number of pyridine rings is 1. The zero-order valence-electron chi connectivity index (χ0n) is 12.0. The van der Waals surface area contributed by atoms with Crippen LogP contribution in [0.5, 0.6) is 11.5 Å². The molecule has 2 aromatic carbocycles. The third kappa shape index (κ3) is 2.74. The molecule has 0 aliphatic heterocycles. The van der Waals surface area contributed by atoms with Crippen molar-refractivity contribution in [2.45, 2.75) is 0 Å². The van der Waals surface area contributed by atoms with E-state index in [-0.39, 0.29) is 0 Å². The number of anilines is 2. The Morgan fingerprint density at radius 2 is 1.71 bits per heavy atom. The molecular formula is C17H16N2O2. The molecule has 0 saturated heterocycles. The number of rotatable bonds is 4. The van der Waals surface area contributed by atoms with Gasteiger partial charge >= 0.3 is 0 Å². The second-order valence-electron chi connectivity index (χ2n) is 4.60. The predicted octanol–water partition coefficient (Wildman–Crippen LogP) is 4.00. The van der Waals surface area contributed by atoms with Gasteiger partial charge in [-0.05, 0) is 36.4 Å². The van der Waals surface area contributed by atoms with E-state index >= 15 is 0 Å². The van der Waals surface area contributed by atoms with Gasteiger partial charge in [0.2, 0.25) is 0 Å².